The van der Waals surface area contributed by atoms with E-state index in [1.54, 1.807) is 48.7 Å². The highest BCUT2D eigenvalue weighted by Crippen LogP contribution is 2.43. The van der Waals surface area contributed by atoms with Crippen LogP contribution in [-0.2, 0) is 0 Å². The Bertz CT molecular complexity index is 1400. The number of aromatic nitrogens is 3. The van der Waals surface area contributed by atoms with Gasteiger partial charge in [0.05, 0.1) is 25.0 Å². The number of nitrogens with one attached hydrogen (secondary N) is 1. The van der Waals surface area contributed by atoms with Crippen LogP contribution in [0.4, 0.5) is 39.4 Å². The zero-order valence-electron chi connectivity index (χ0n) is 20.6. The molecule has 2 aromatic heterocycles. The Morgan fingerprint density at radius 3 is 2.33 bits per heavy atom. The van der Waals surface area contributed by atoms with Gasteiger partial charge in [-0.1, -0.05) is 18.2 Å². The van der Waals surface area contributed by atoms with E-state index in [1.165, 1.54) is 4.90 Å². The van der Waals surface area contributed by atoms with Gasteiger partial charge in [-0.05, 0) is 68.3 Å². The lowest BCUT2D eigenvalue weighted by Crippen LogP contribution is -2.48. The Morgan fingerprint density at radius 2 is 1.69 bits per heavy atom. The first-order chi connectivity index (χ1) is 17.4. The number of pyridine rings is 1. The SMILES string of the molecule is COc1ccc(N2C(=O)N(c3c(C)cccc3C)C(C)c3cnc(Nc4ccc(N)cc4)nc32)nc1. The number of hydrogen-bond donors (Lipinski definition) is 2. The molecule has 0 saturated heterocycles. The summed E-state index contributed by atoms with van der Waals surface area (Å²) in [7, 11) is 1.57. The molecular formula is C27H27N7O2. The Balaban J connectivity index is 1.64. The summed E-state index contributed by atoms with van der Waals surface area (Å²) in [4.78, 5) is 31.3. The molecule has 182 valence electrons. The lowest BCUT2D eigenvalue weighted by molar-refractivity contribution is 0.250. The first kappa shape index (κ1) is 23.1. The summed E-state index contributed by atoms with van der Waals surface area (Å²) in [6.45, 7) is 5.99. The normalized spacial score (nSPS) is 15.0. The van der Waals surface area contributed by atoms with Crippen LogP contribution in [0.1, 0.15) is 29.7 Å². The summed E-state index contributed by atoms with van der Waals surface area (Å²) in [5, 5.41) is 3.19. The largest absolute Gasteiger partial charge is 0.495 e. The topological polar surface area (TPSA) is 110 Å². The van der Waals surface area contributed by atoms with Gasteiger partial charge in [-0.25, -0.2) is 19.7 Å². The number of para-hydroxylation sites is 1. The molecule has 3 heterocycles. The number of anilines is 6. The number of nitrogens with zero attached hydrogens (tertiary/aromatic N) is 5. The number of ether oxygens (including phenoxy) is 1. The van der Waals surface area contributed by atoms with Gasteiger partial charge in [-0.3, -0.25) is 4.90 Å². The average Bonchev–Trinajstić information content (AvgIpc) is 2.87. The lowest BCUT2D eigenvalue weighted by atomic mass is 10.0. The summed E-state index contributed by atoms with van der Waals surface area (Å²) in [6, 6.07) is 16.2. The highest BCUT2D eigenvalue weighted by molar-refractivity contribution is 6.11. The molecule has 0 bridgehead atoms. The van der Waals surface area contributed by atoms with Crippen molar-refractivity contribution in [3.05, 3.63) is 83.7 Å². The zero-order valence-corrected chi connectivity index (χ0v) is 20.6. The summed E-state index contributed by atoms with van der Waals surface area (Å²) >= 11 is 0. The second-order valence-corrected chi connectivity index (χ2v) is 8.68. The maximum absolute atomic E-state index is 14.2. The van der Waals surface area contributed by atoms with Crippen LogP contribution in [0.2, 0.25) is 0 Å². The molecule has 3 N–H and O–H groups in total. The number of amides is 2. The van der Waals surface area contributed by atoms with Crippen LogP contribution in [0.25, 0.3) is 0 Å². The Labute approximate surface area is 209 Å². The van der Waals surface area contributed by atoms with Crippen molar-refractivity contribution in [3.63, 3.8) is 0 Å². The number of nitrogens with two attached hydrogens (primary N) is 1. The fraction of sp³-hybridized carbons (Fsp3) is 0.185. The lowest BCUT2D eigenvalue weighted by Gasteiger charge is -2.41. The molecular weight excluding hydrogens is 454 g/mol. The third-order valence-electron chi connectivity index (χ3n) is 6.28. The molecule has 1 unspecified atom stereocenters. The van der Waals surface area contributed by atoms with E-state index in [2.05, 4.69) is 15.3 Å². The molecule has 2 aromatic carbocycles. The zero-order chi connectivity index (χ0) is 25.4. The molecule has 1 atom stereocenters. The van der Waals surface area contributed by atoms with E-state index < -0.39 is 0 Å². The summed E-state index contributed by atoms with van der Waals surface area (Å²) in [6.07, 6.45) is 3.34. The molecule has 0 radical (unpaired) electrons. The minimum absolute atomic E-state index is 0.248. The van der Waals surface area contributed by atoms with Gasteiger partial charge in [0.1, 0.15) is 11.6 Å². The Morgan fingerprint density at radius 1 is 0.972 bits per heavy atom. The Hall–Kier alpha value is -4.66. The number of carbonyl (C=O) groups excluding carboxylic acids is 1. The standard InChI is InChI=1S/C27H27N7O2/c1-16-6-5-7-17(2)24(16)33-18(3)22-15-30-26(31-20-10-8-19(28)9-11-20)32-25(22)34(27(33)35)23-13-12-21(36-4)14-29-23/h5-15,18H,28H2,1-4H3,(H,30,31,32). The molecule has 9 nitrogen and oxygen atoms in total. The molecule has 36 heavy (non-hydrogen) atoms. The van der Waals surface area contributed by atoms with Gasteiger partial charge in [-0.2, -0.15) is 4.98 Å². The molecule has 0 spiro atoms. The smallest absolute Gasteiger partial charge is 0.336 e. The molecule has 1 aliphatic rings. The minimum atomic E-state index is -0.299. The predicted molar refractivity (Wildman–Crippen MR) is 141 cm³/mol. The number of benzene rings is 2. The van der Waals surface area contributed by atoms with E-state index in [-0.39, 0.29) is 12.1 Å². The number of rotatable bonds is 5. The van der Waals surface area contributed by atoms with Gasteiger partial charge in [0.2, 0.25) is 5.95 Å². The number of aryl methyl sites for hydroxylation is 2. The van der Waals surface area contributed by atoms with Crippen molar-refractivity contribution in [1.29, 1.82) is 0 Å². The van der Waals surface area contributed by atoms with E-state index >= 15 is 0 Å². The van der Waals surface area contributed by atoms with Gasteiger partial charge in [0.15, 0.2) is 5.82 Å². The van der Waals surface area contributed by atoms with Crippen LogP contribution >= 0.6 is 0 Å². The maximum Gasteiger partial charge on any atom is 0.336 e. The first-order valence-corrected chi connectivity index (χ1v) is 11.6. The molecule has 0 aliphatic carbocycles. The van der Waals surface area contributed by atoms with Crippen LogP contribution in [0.3, 0.4) is 0 Å². The molecule has 2 amide bonds. The van der Waals surface area contributed by atoms with Crippen LogP contribution in [0, 0.1) is 13.8 Å². The third-order valence-corrected chi connectivity index (χ3v) is 6.28. The number of fused-ring (bicyclic) bond motifs is 1. The predicted octanol–water partition coefficient (Wildman–Crippen LogP) is 5.66. The molecule has 0 saturated carbocycles. The minimum Gasteiger partial charge on any atom is -0.495 e. The Kier molecular flexibility index (Phi) is 5.89. The van der Waals surface area contributed by atoms with Crippen molar-refractivity contribution in [2.45, 2.75) is 26.8 Å². The van der Waals surface area contributed by atoms with E-state index in [0.29, 0.717) is 29.0 Å². The van der Waals surface area contributed by atoms with Gasteiger partial charge < -0.3 is 15.8 Å². The van der Waals surface area contributed by atoms with E-state index in [4.69, 9.17) is 15.5 Å². The van der Waals surface area contributed by atoms with Crippen LogP contribution in [0.15, 0.2) is 67.0 Å². The molecule has 4 aromatic rings. The highest BCUT2D eigenvalue weighted by atomic mass is 16.5. The van der Waals surface area contributed by atoms with Crippen molar-refractivity contribution in [2.75, 3.05) is 28.0 Å². The second-order valence-electron chi connectivity index (χ2n) is 8.68. The van der Waals surface area contributed by atoms with E-state index in [9.17, 15) is 4.79 Å². The molecule has 1 aliphatic heterocycles. The summed E-state index contributed by atoms with van der Waals surface area (Å²) in [5.41, 5.74) is 10.9. The van der Waals surface area contributed by atoms with Crippen molar-refractivity contribution < 1.29 is 9.53 Å². The third kappa shape index (κ3) is 4.04. The van der Waals surface area contributed by atoms with Crippen molar-refractivity contribution in [3.8, 4) is 5.75 Å². The summed E-state index contributed by atoms with van der Waals surface area (Å²) < 4.78 is 5.26. The van der Waals surface area contributed by atoms with E-state index in [0.717, 1.165) is 28.1 Å². The number of carbonyl (C=O) groups is 1. The van der Waals surface area contributed by atoms with Crippen LogP contribution in [-0.4, -0.2) is 28.1 Å². The molecule has 0 fully saturated rings. The maximum atomic E-state index is 14.2. The number of hydrogen-bond acceptors (Lipinski definition) is 7. The average molecular weight is 482 g/mol. The molecule has 5 rings (SSSR count). The quantitative estimate of drug-likeness (QED) is 0.354. The van der Waals surface area contributed by atoms with Gasteiger partial charge in [0.25, 0.3) is 0 Å². The summed E-state index contributed by atoms with van der Waals surface area (Å²) in [5.74, 6) is 1.86. The second kappa shape index (κ2) is 9.18. The van der Waals surface area contributed by atoms with Gasteiger partial charge in [0, 0.05) is 23.1 Å². The first-order valence-electron chi connectivity index (χ1n) is 11.6. The van der Waals surface area contributed by atoms with Crippen LogP contribution in [0.5, 0.6) is 5.75 Å². The number of urea groups is 1. The monoisotopic (exact) mass is 481 g/mol. The van der Waals surface area contributed by atoms with Crippen molar-refractivity contribution in [2.24, 2.45) is 0 Å². The van der Waals surface area contributed by atoms with Crippen LogP contribution < -0.4 is 25.6 Å². The van der Waals surface area contributed by atoms with Crippen molar-refractivity contribution in [1.82, 2.24) is 15.0 Å². The fourth-order valence-electron chi connectivity index (χ4n) is 4.42. The van der Waals surface area contributed by atoms with Gasteiger partial charge >= 0.3 is 6.03 Å². The number of methoxy groups -OCH3 is 1. The molecule has 9 heteroatoms. The van der Waals surface area contributed by atoms with E-state index in [1.807, 2.05) is 51.1 Å². The highest BCUT2D eigenvalue weighted by Gasteiger charge is 2.40. The van der Waals surface area contributed by atoms with Gasteiger partial charge in [-0.15, -0.1) is 0 Å². The fourth-order valence-corrected chi connectivity index (χ4v) is 4.42. The van der Waals surface area contributed by atoms with Crippen molar-refractivity contribution >= 4 is 40.7 Å². The number of nitrogen functional groups attached to an aromatic ring is 1.